The fraction of sp³-hybridized carbons (Fsp3) is 0.538. The number of rotatable bonds is 7. The molecule has 0 unspecified atom stereocenters. The zero-order chi connectivity index (χ0) is 13.6. The minimum absolute atomic E-state index is 0.163. The Morgan fingerprint density at radius 3 is 2.11 bits per heavy atom. The number of nitrogens with zero attached hydrogens (tertiary/aromatic N) is 1. The molecule has 102 valence electrons. The molecule has 0 aliphatic carbocycles. The maximum Gasteiger partial charge on any atom is 0.179 e. The third-order valence-electron chi connectivity index (χ3n) is 3.09. The second kappa shape index (κ2) is 6.87. The van der Waals surface area contributed by atoms with Crippen molar-refractivity contribution in [3.05, 3.63) is 29.8 Å². The molecule has 0 radical (unpaired) electrons. The Balaban J connectivity index is 2.73. The Kier molecular flexibility index (Phi) is 5.78. The van der Waals surface area contributed by atoms with Crippen LogP contribution in [-0.4, -0.2) is 38.7 Å². The summed E-state index contributed by atoms with van der Waals surface area (Å²) >= 11 is 0. The summed E-state index contributed by atoms with van der Waals surface area (Å²) in [5, 5.41) is 0. The summed E-state index contributed by atoms with van der Waals surface area (Å²) in [5.41, 5.74) is 6.43. The van der Waals surface area contributed by atoms with Crippen LogP contribution in [0.15, 0.2) is 29.2 Å². The summed E-state index contributed by atoms with van der Waals surface area (Å²) in [6.07, 6.45) is 0. The van der Waals surface area contributed by atoms with E-state index in [1.165, 1.54) is 0 Å². The van der Waals surface area contributed by atoms with Crippen LogP contribution in [0.2, 0.25) is 0 Å². The molecular weight excluding hydrogens is 248 g/mol. The van der Waals surface area contributed by atoms with E-state index in [-0.39, 0.29) is 5.75 Å². The van der Waals surface area contributed by atoms with Crippen LogP contribution in [0, 0.1) is 0 Å². The molecule has 18 heavy (non-hydrogen) atoms. The van der Waals surface area contributed by atoms with Gasteiger partial charge in [0.05, 0.1) is 10.6 Å². The number of nitrogens with two attached hydrogens (primary N) is 1. The van der Waals surface area contributed by atoms with Crippen molar-refractivity contribution in [2.24, 2.45) is 5.73 Å². The quantitative estimate of drug-likeness (QED) is 0.810. The lowest BCUT2D eigenvalue weighted by molar-refractivity contribution is 0.321. The Hall–Kier alpha value is -0.910. The summed E-state index contributed by atoms with van der Waals surface area (Å²) in [7, 11) is -3.18. The van der Waals surface area contributed by atoms with Crippen molar-refractivity contribution in [3.8, 4) is 0 Å². The van der Waals surface area contributed by atoms with Gasteiger partial charge in [0.25, 0.3) is 0 Å². The van der Waals surface area contributed by atoms with Crippen molar-refractivity contribution in [1.82, 2.24) is 4.90 Å². The van der Waals surface area contributed by atoms with E-state index in [9.17, 15) is 8.42 Å². The summed E-state index contributed by atoms with van der Waals surface area (Å²) < 4.78 is 24.2. The van der Waals surface area contributed by atoms with Crippen molar-refractivity contribution in [3.63, 3.8) is 0 Å². The number of hydrogen-bond donors (Lipinski definition) is 1. The fourth-order valence-corrected chi connectivity index (χ4v) is 3.02. The molecule has 0 amide bonds. The number of sulfone groups is 1. The first kappa shape index (κ1) is 15.1. The minimum atomic E-state index is -3.18. The molecule has 0 saturated heterocycles. The molecule has 0 fully saturated rings. The van der Waals surface area contributed by atoms with Crippen LogP contribution in [0.4, 0.5) is 0 Å². The highest BCUT2D eigenvalue weighted by molar-refractivity contribution is 7.91. The van der Waals surface area contributed by atoms with Gasteiger partial charge in [-0.3, -0.25) is 0 Å². The Morgan fingerprint density at radius 2 is 1.67 bits per heavy atom. The first-order valence-electron chi connectivity index (χ1n) is 6.27. The molecule has 1 aromatic carbocycles. The molecule has 0 atom stereocenters. The van der Waals surface area contributed by atoms with Gasteiger partial charge in [-0.2, -0.15) is 0 Å². The highest BCUT2D eigenvalue weighted by atomic mass is 32.2. The van der Waals surface area contributed by atoms with E-state index in [1.807, 2.05) is 13.8 Å². The summed E-state index contributed by atoms with van der Waals surface area (Å²) in [4.78, 5) is 2.48. The zero-order valence-electron chi connectivity index (χ0n) is 11.1. The lowest BCUT2D eigenvalue weighted by atomic mass is 10.2. The van der Waals surface area contributed by atoms with E-state index in [2.05, 4.69) is 4.90 Å². The molecule has 2 N–H and O–H groups in total. The molecule has 0 aliphatic rings. The lowest BCUT2D eigenvalue weighted by Gasteiger charge is -2.17. The largest absolute Gasteiger partial charge is 0.326 e. The van der Waals surface area contributed by atoms with E-state index >= 15 is 0 Å². The molecule has 0 heterocycles. The summed E-state index contributed by atoms with van der Waals surface area (Å²) in [6.45, 7) is 6.82. The predicted molar refractivity (Wildman–Crippen MR) is 74.2 cm³/mol. The van der Waals surface area contributed by atoms with Crippen molar-refractivity contribution in [2.45, 2.75) is 25.3 Å². The van der Waals surface area contributed by atoms with E-state index in [4.69, 9.17) is 5.73 Å². The first-order chi connectivity index (χ1) is 8.53. The molecule has 0 bridgehead atoms. The van der Waals surface area contributed by atoms with Crippen LogP contribution in [0.5, 0.6) is 0 Å². The zero-order valence-corrected chi connectivity index (χ0v) is 11.9. The third kappa shape index (κ3) is 4.08. The van der Waals surface area contributed by atoms with Gasteiger partial charge in [-0.1, -0.05) is 26.0 Å². The second-order valence-corrected chi connectivity index (χ2v) is 6.30. The van der Waals surface area contributed by atoms with Crippen LogP contribution in [-0.2, 0) is 16.4 Å². The number of benzene rings is 1. The molecule has 0 spiro atoms. The van der Waals surface area contributed by atoms with Gasteiger partial charge >= 0.3 is 0 Å². The van der Waals surface area contributed by atoms with Gasteiger partial charge in [-0.25, -0.2) is 8.42 Å². The van der Waals surface area contributed by atoms with Crippen LogP contribution in [0.25, 0.3) is 0 Å². The molecule has 0 aliphatic heterocycles. The van der Waals surface area contributed by atoms with Gasteiger partial charge < -0.3 is 10.6 Å². The van der Waals surface area contributed by atoms with Crippen LogP contribution in [0.1, 0.15) is 19.4 Å². The lowest BCUT2D eigenvalue weighted by Crippen LogP contribution is -2.29. The maximum atomic E-state index is 12.1. The number of hydrogen-bond acceptors (Lipinski definition) is 4. The minimum Gasteiger partial charge on any atom is -0.326 e. The van der Waals surface area contributed by atoms with E-state index in [0.29, 0.717) is 18.0 Å². The van der Waals surface area contributed by atoms with Crippen molar-refractivity contribution in [2.75, 3.05) is 25.4 Å². The average molecular weight is 270 g/mol. The van der Waals surface area contributed by atoms with Gasteiger partial charge in [0, 0.05) is 13.1 Å². The molecule has 1 rings (SSSR count). The van der Waals surface area contributed by atoms with Crippen LogP contribution in [0.3, 0.4) is 0 Å². The summed E-state index contributed by atoms with van der Waals surface area (Å²) in [6, 6.07) is 6.81. The van der Waals surface area contributed by atoms with Gasteiger partial charge in [0.15, 0.2) is 9.84 Å². The van der Waals surface area contributed by atoms with Gasteiger partial charge in [-0.15, -0.1) is 0 Å². The van der Waals surface area contributed by atoms with E-state index in [1.54, 1.807) is 24.3 Å². The standard InChI is InChI=1S/C13H22N2O2S/c1-3-15(4-2)9-10-18(16,17)13-7-5-12(11-14)6-8-13/h5-8H,3-4,9-11,14H2,1-2H3. The Labute approximate surface area is 110 Å². The van der Waals surface area contributed by atoms with Gasteiger partial charge in [0.1, 0.15) is 0 Å². The van der Waals surface area contributed by atoms with E-state index in [0.717, 1.165) is 18.7 Å². The molecule has 4 nitrogen and oxygen atoms in total. The second-order valence-electron chi connectivity index (χ2n) is 4.19. The molecular formula is C13H22N2O2S. The molecule has 5 heteroatoms. The van der Waals surface area contributed by atoms with Crippen molar-refractivity contribution >= 4 is 9.84 Å². The smallest absolute Gasteiger partial charge is 0.179 e. The van der Waals surface area contributed by atoms with Crippen molar-refractivity contribution in [1.29, 1.82) is 0 Å². The summed E-state index contributed by atoms with van der Waals surface area (Å²) in [5.74, 6) is 0.163. The monoisotopic (exact) mass is 270 g/mol. The SMILES string of the molecule is CCN(CC)CCS(=O)(=O)c1ccc(CN)cc1. The molecule has 0 aromatic heterocycles. The topological polar surface area (TPSA) is 63.4 Å². The van der Waals surface area contributed by atoms with E-state index < -0.39 is 9.84 Å². The first-order valence-corrected chi connectivity index (χ1v) is 7.92. The van der Waals surface area contributed by atoms with Gasteiger partial charge in [-0.05, 0) is 30.8 Å². The average Bonchev–Trinajstić information content (AvgIpc) is 2.40. The predicted octanol–water partition coefficient (Wildman–Crippen LogP) is 1.26. The highest BCUT2D eigenvalue weighted by Gasteiger charge is 2.15. The third-order valence-corrected chi connectivity index (χ3v) is 4.80. The normalized spacial score (nSPS) is 12.0. The molecule has 0 saturated carbocycles. The molecule has 1 aromatic rings. The van der Waals surface area contributed by atoms with Crippen LogP contribution < -0.4 is 5.73 Å². The van der Waals surface area contributed by atoms with Crippen LogP contribution >= 0.6 is 0 Å². The Morgan fingerprint density at radius 1 is 1.11 bits per heavy atom. The highest BCUT2D eigenvalue weighted by Crippen LogP contribution is 2.12. The van der Waals surface area contributed by atoms with Gasteiger partial charge in [0.2, 0.25) is 0 Å². The van der Waals surface area contributed by atoms with Crippen molar-refractivity contribution < 1.29 is 8.42 Å². The Bertz CT molecular complexity index is 450. The maximum absolute atomic E-state index is 12.1. The fourth-order valence-electron chi connectivity index (χ4n) is 1.74.